The summed E-state index contributed by atoms with van der Waals surface area (Å²) in [7, 11) is 0. The summed E-state index contributed by atoms with van der Waals surface area (Å²) < 4.78 is 1.86. The molecule has 0 aliphatic heterocycles. The Morgan fingerprint density at radius 1 is 1.17 bits per heavy atom. The molecule has 0 atom stereocenters. The fourth-order valence-electron chi connectivity index (χ4n) is 2.89. The zero-order valence-corrected chi connectivity index (χ0v) is 14.4. The molecular formula is C17H17ClN6. The molecule has 0 aliphatic carbocycles. The highest BCUT2D eigenvalue weighted by Crippen LogP contribution is 2.39. The van der Waals surface area contributed by atoms with Crippen LogP contribution >= 0.6 is 11.6 Å². The van der Waals surface area contributed by atoms with Crippen LogP contribution in [0.3, 0.4) is 0 Å². The molecule has 0 saturated heterocycles. The van der Waals surface area contributed by atoms with Gasteiger partial charge >= 0.3 is 0 Å². The zero-order chi connectivity index (χ0) is 17.1. The number of nitrogen functional groups attached to an aromatic ring is 1. The van der Waals surface area contributed by atoms with Crippen LogP contribution in [0.4, 0.5) is 5.82 Å². The molecular weight excluding hydrogens is 324 g/mol. The molecule has 0 aliphatic rings. The number of hydrogen-bond acceptors (Lipinski definition) is 4. The Hall–Kier alpha value is -2.60. The minimum Gasteiger partial charge on any atom is -0.383 e. The number of nitrogens with one attached hydrogen (secondary N) is 1. The third-order valence-corrected chi connectivity index (χ3v) is 4.40. The van der Waals surface area contributed by atoms with E-state index in [0.29, 0.717) is 27.6 Å². The SMILES string of the molecule is CC(C)(C)n1nc(-c2[nH]c3ccccc3c2Cl)c2c(N)ncnc21. The highest BCUT2D eigenvalue weighted by atomic mass is 35.5. The van der Waals surface area contributed by atoms with E-state index in [4.69, 9.17) is 22.4 Å². The van der Waals surface area contributed by atoms with Crippen LogP contribution in [0, 0.1) is 0 Å². The first kappa shape index (κ1) is 15.0. The van der Waals surface area contributed by atoms with Crippen molar-refractivity contribution < 1.29 is 0 Å². The van der Waals surface area contributed by atoms with Crippen LogP contribution in [0.1, 0.15) is 20.8 Å². The molecule has 122 valence electrons. The molecule has 3 heterocycles. The molecule has 0 fully saturated rings. The molecule has 3 aromatic heterocycles. The Labute approximate surface area is 143 Å². The minimum absolute atomic E-state index is 0.254. The fraction of sp³-hybridized carbons (Fsp3) is 0.235. The van der Waals surface area contributed by atoms with Crippen molar-refractivity contribution in [2.24, 2.45) is 0 Å². The average molecular weight is 341 g/mol. The molecule has 0 amide bonds. The van der Waals surface area contributed by atoms with Gasteiger partial charge in [0.15, 0.2) is 5.65 Å². The zero-order valence-electron chi connectivity index (χ0n) is 13.6. The number of H-pyrrole nitrogens is 1. The molecule has 24 heavy (non-hydrogen) atoms. The standard InChI is InChI=1S/C17H17ClN6/c1-17(2,3)24-16-11(15(19)20-8-21-16)13(23-24)14-12(18)9-6-4-5-7-10(9)22-14/h4-8,22H,1-3H3,(H2,19,20,21). The second-order valence-corrected chi connectivity index (χ2v) is 7.13. The Bertz CT molecular complexity index is 1070. The van der Waals surface area contributed by atoms with E-state index in [-0.39, 0.29) is 5.54 Å². The van der Waals surface area contributed by atoms with Gasteiger partial charge in [0.1, 0.15) is 17.8 Å². The third-order valence-electron chi connectivity index (χ3n) is 4.01. The third kappa shape index (κ3) is 2.06. The Morgan fingerprint density at radius 3 is 2.62 bits per heavy atom. The maximum absolute atomic E-state index is 6.61. The van der Waals surface area contributed by atoms with E-state index in [1.165, 1.54) is 6.33 Å². The van der Waals surface area contributed by atoms with Gasteiger partial charge in [0.25, 0.3) is 0 Å². The second kappa shape index (κ2) is 4.95. The van der Waals surface area contributed by atoms with Crippen LogP contribution in [0.5, 0.6) is 0 Å². The molecule has 6 nitrogen and oxygen atoms in total. The number of fused-ring (bicyclic) bond motifs is 2. The molecule has 3 N–H and O–H groups in total. The molecule has 0 bridgehead atoms. The molecule has 0 spiro atoms. The molecule has 0 unspecified atom stereocenters. The van der Waals surface area contributed by atoms with E-state index < -0.39 is 0 Å². The summed E-state index contributed by atoms with van der Waals surface area (Å²) in [4.78, 5) is 11.9. The Morgan fingerprint density at radius 2 is 1.92 bits per heavy atom. The number of nitrogens with zero attached hydrogens (tertiary/aromatic N) is 4. The van der Waals surface area contributed by atoms with Crippen LogP contribution < -0.4 is 5.73 Å². The number of benzene rings is 1. The van der Waals surface area contributed by atoms with Crippen LogP contribution in [0.2, 0.25) is 5.02 Å². The largest absolute Gasteiger partial charge is 0.383 e. The summed E-state index contributed by atoms with van der Waals surface area (Å²) in [5.41, 5.74) is 8.92. The predicted octanol–water partition coefficient (Wildman–Crippen LogP) is 3.97. The smallest absolute Gasteiger partial charge is 0.164 e. The van der Waals surface area contributed by atoms with Crippen LogP contribution in [0.15, 0.2) is 30.6 Å². The minimum atomic E-state index is -0.254. The van der Waals surface area contributed by atoms with E-state index >= 15 is 0 Å². The van der Waals surface area contributed by atoms with Crippen molar-refractivity contribution in [2.75, 3.05) is 5.73 Å². The predicted molar refractivity (Wildman–Crippen MR) is 97.0 cm³/mol. The first-order valence-corrected chi connectivity index (χ1v) is 8.02. The van der Waals surface area contributed by atoms with Gasteiger partial charge in [-0.2, -0.15) is 5.10 Å². The van der Waals surface area contributed by atoms with E-state index in [0.717, 1.165) is 16.6 Å². The van der Waals surface area contributed by atoms with Gasteiger partial charge < -0.3 is 10.7 Å². The monoisotopic (exact) mass is 340 g/mol. The Kier molecular flexibility index (Phi) is 3.08. The van der Waals surface area contributed by atoms with Gasteiger partial charge in [-0.05, 0) is 26.8 Å². The number of aromatic amines is 1. The van der Waals surface area contributed by atoms with E-state index in [1.807, 2.05) is 28.9 Å². The van der Waals surface area contributed by atoms with Crippen LogP contribution in [0.25, 0.3) is 33.3 Å². The van der Waals surface area contributed by atoms with Crippen molar-refractivity contribution >= 4 is 39.4 Å². The molecule has 4 aromatic rings. The quantitative estimate of drug-likeness (QED) is 0.549. The van der Waals surface area contributed by atoms with Gasteiger partial charge in [-0.3, -0.25) is 0 Å². The number of para-hydroxylation sites is 1. The number of anilines is 1. The number of halogens is 1. The Balaban J connectivity index is 2.11. The van der Waals surface area contributed by atoms with Gasteiger partial charge in [-0.25, -0.2) is 14.6 Å². The summed E-state index contributed by atoms with van der Waals surface area (Å²) in [5, 5.41) is 7.04. The lowest BCUT2D eigenvalue weighted by molar-refractivity contribution is 0.366. The molecule has 1 aromatic carbocycles. The summed E-state index contributed by atoms with van der Waals surface area (Å²) in [6.45, 7) is 6.19. The van der Waals surface area contributed by atoms with Crippen molar-refractivity contribution in [1.82, 2.24) is 24.7 Å². The highest BCUT2D eigenvalue weighted by Gasteiger charge is 2.26. The van der Waals surface area contributed by atoms with Crippen LogP contribution in [-0.4, -0.2) is 24.7 Å². The summed E-state index contributed by atoms with van der Waals surface area (Å²) in [6, 6.07) is 7.87. The number of nitrogens with two attached hydrogens (primary N) is 1. The topological polar surface area (TPSA) is 85.4 Å². The van der Waals surface area contributed by atoms with Crippen LogP contribution in [-0.2, 0) is 5.54 Å². The number of hydrogen-bond donors (Lipinski definition) is 2. The first-order chi connectivity index (χ1) is 11.4. The molecule has 7 heteroatoms. The number of rotatable bonds is 1. The van der Waals surface area contributed by atoms with Crippen molar-refractivity contribution in [2.45, 2.75) is 26.3 Å². The highest BCUT2D eigenvalue weighted by molar-refractivity contribution is 6.38. The van der Waals surface area contributed by atoms with Crippen molar-refractivity contribution in [3.63, 3.8) is 0 Å². The van der Waals surface area contributed by atoms with E-state index in [2.05, 4.69) is 35.7 Å². The van der Waals surface area contributed by atoms with Gasteiger partial charge in [0.2, 0.25) is 0 Å². The van der Waals surface area contributed by atoms with Gasteiger partial charge in [0, 0.05) is 10.9 Å². The molecule has 0 radical (unpaired) electrons. The lowest BCUT2D eigenvalue weighted by atomic mass is 10.1. The average Bonchev–Trinajstić information content (AvgIpc) is 3.07. The fourth-order valence-corrected chi connectivity index (χ4v) is 3.19. The summed E-state index contributed by atoms with van der Waals surface area (Å²) in [5.74, 6) is 0.389. The summed E-state index contributed by atoms with van der Waals surface area (Å²) >= 11 is 6.61. The van der Waals surface area contributed by atoms with Crippen molar-refractivity contribution in [3.8, 4) is 11.4 Å². The van der Waals surface area contributed by atoms with Crippen molar-refractivity contribution in [1.29, 1.82) is 0 Å². The van der Waals surface area contributed by atoms with Crippen molar-refractivity contribution in [3.05, 3.63) is 35.6 Å². The summed E-state index contributed by atoms with van der Waals surface area (Å²) in [6.07, 6.45) is 1.46. The van der Waals surface area contributed by atoms with Gasteiger partial charge in [-0.15, -0.1) is 0 Å². The van der Waals surface area contributed by atoms with E-state index in [9.17, 15) is 0 Å². The first-order valence-electron chi connectivity index (χ1n) is 7.64. The molecule has 4 rings (SSSR count). The normalized spacial score (nSPS) is 12.3. The lowest BCUT2D eigenvalue weighted by Crippen LogP contribution is -2.23. The van der Waals surface area contributed by atoms with Gasteiger partial charge in [-0.1, -0.05) is 29.8 Å². The molecule has 0 saturated carbocycles. The maximum atomic E-state index is 6.61. The maximum Gasteiger partial charge on any atom is 0.164 e. The number of aromatic nitrogens is 5. The second-order valence-electron chi connectivity index (χ2n) is 6.75. The van der Waals surface area contributed by atoms with Gasteiger partial charge in [0.05, 0.1) is 21.6 Å². The van der Waals surface area contributed by atoms with E-state index in [1.54, 1.807) is 0 Å². The lowest BCUT2D eigenvalue weighted by Gasteiger charge is -2.19.